The van der Waals surface area contributed by atoms with Crippen LogP contribution in [-0.2, 0) is 7.05 Å². The molecule has 0 bridgehead atoms. The van der Waals surface area contributed by atoms with Gasteiger partial charge in [-0.1, -0.05) is 0 Å². The molecule has 3 rings (SSSR count). The number of aryl methyl sites for hydroxylation is 2. The molecular formula is C14H12FN5OS. The zero-order valence-electron chi connectivity index (χ0n) is 11.9. The number of halogens is 1. The number of nitrogens with zero attached hydrogens (tertiary/aromatic N) is 4. The number of pyridine rings is 1. The number of carbonyl (C=O) groups excluding carboxylic acids is 1. The maximum Gasteiger partial charge on any atom is 0.266 e. The quantitative estimate of drug-likeness (QED) is 0.802. The van der Waals surface area contributed by atoms with Crippen molar-refractivity contribution >= 4 is 17.2 Å². The minimum Gasteiger partial charge on any atom is -0.364 e. The first-order valence-electron chi connectivity index (χ1n) is 6.38. The van der Waals surface area contributed by atoms with E-state index in [0.29, 0.717) is 22.0 Å². The summed E-state index contributed by atoms with van der Waals surface area (Å²) in [5.41, 5.74) is 7.58. The molecule has 0 saturated carbocycles. The second kappa shape index (κ2) is 5.30. The minimum absolute atomic E-state index is 0.316. The second-order valence-corrected chi connectivity index (χ2v) is 5.73. The number of hydrogen-bond acceptors (Lipinski definition) is 5. The molecule has 0 aliphatic carbocycles. The summed E-state index contributed by atoms with van der Waals surface area (Å²) in [5, 5.41) is 4.93. The Balaban J connectivity index is 2.06. The number of nitrogens with two attached hydrogens (primary N) is 1. The van der Waals surface area contributed by atoms with Gasteiger partial charge in [0.25, 0.3) is 5.91 Å². The van der Waals surface area contributed by atoms with Crippen LogP contribution >= 0.6 is 11.3 Å². The first-order valence-corrected chi connectivity index (χ1v) is 7.20. The van der Waals surface area contributed by atoms with Crippen LogP contribution in [0.15, 0.2) is 24.5 Å². The van der Waals surface area contributed by atoms with E-state index in [-0.39, 0.29) is 0 Å². The molecule has 0 radical (unpaired) electrons. The van der Waals surface area contributed by atoms with Crippen LogP contribution in [0.3, 0.4) is 0 Å². The van der Waals surface area contributed by atoms with Crippen LogP contribution in [0.4, 0.5) is 4.39 Å². The van der Waals surface area contributed by atoms with Crippen molar-refractivity contribution in [2.24, 2.45) is 12.8 Å². The Morgan fingerprint density at radius 1 is 1.36 bits per heavy atom. The number of hydrogen-bond donors (Lipinski definition) is 1. The topological polar surface area (TPSA) is 86.7 Å². The zero-order chi connectivity index (χ0) is 15.9. The van der Waals surface area contributed by atoms with Gasteiger partial charge in [-0.3, -0.25) is 14.5 Å². The van der Waals surface area contributed by atoms with Gasteiger partial charge in [0, 0.05) is 18.8 Å². The van der Waals surface area contributed by atoms with Gasteiger partial charge in [0.15, 0.2) is 0 Å². The van der Waals surface area contributed by atoms with E-state index in [1.165, 1.54) is 22.1 Å². The predicted octanol–water partition coefficient (Wildman–Crippen LogP) is 2.15. The highest BCUT2D eigenvalue weighted by Gasteiger charge is 2.17. The van der Waals surface area contributed by atoms with Crippen molar-refractivity contribution in [2.75, 3.05) is 0 Å². The van der Waals surface area contributed by atoms with Gasteiger partial charge in [0.1, 0.15) is 22.2 Å². The van der Waals surface area contributed by atoms with Crippen molar-refractivity contribution in [1.82, 2.24) is 19.7 Å². The van der Waals surface area contributed by atoms with Crippen LogP contribution in [0.2, 0.25) is 0 Å². The molecule has 0 atom stereocenters. The van der Waals surface area contributed by atoms with E-state index in [1.54, 1.807) is 19.3 Å². The van der Waals surface area contributed by atoms with Crippen LogP contribution in [0.1, 0.15) is 16.2 Å². The lowest BCUT2D eigenvalue weighted by Crippen LogP contribution is -2.15. The highest BCUT2D eigenvalue weighted by molar-refractivity contribution is 7.18. The van der Waals surface area contributed by atoms with E-state index >= 15 is 0 Å². The molecule has 0 spiro atoms. The van der Waals surface area contributed by atoms with Crippen molar-refractivity contribution in [3.63, 3.8) is 0 Å². The zero-order valence-corrected chi connectivity index (χ0v) is 12.7. The first kappa shape index (κ1) is 14.3. The molecule has 0 aliphatic rings. The SMILES string of the molecule is Cc1nc(-c2cncc(F)c2)sc1-c1cc(C(N)=O)n(C)n1. The Bertz CT molecular complexity index is 870. The van der Waals surface area contributed by atoms with Crippen molar-refractivity contribution < 1.29 is 9.18 Å². The fourth-order valence-electron chi connectivity index (χ4n) is 2.10. The third kappa shape index (κ3) is 2.48. The molecule has 0 fully saturated rings. The van der Waals surface area contributed by atoms with Crippen molar-refractivity contribution in [3.8, 4) is 21.1 Å². The third-order valence-corrected chi connectivity index (χ3v) is 4.34. The molecule has 0 aliphatic heterocycles. The van der Waals surface area contributed by atoms with E-state index in [4.69, 9.17) is 5.73 Å². The fraction of sp³-hybridized carbons (Fsp3) is 0.143. The molecule has 22 heavy (non-hydrogen) atoms. The third-order valence-electron chi connectivity index (χ3n) is 3.11. The molecule has 112 valence electrons. The number of thiazole rings is 1. The molecule has 6 nitrogen and oxygen atoms in total. The predicted molar refractivity (Wildman–Crippen MR) is 80.8 cm³/mol. The first-order chi connectivity index (χ1) is 10.5. The summed E-state index contributed by atoms with van der Waals surface area (Å²) in [4.78, 5) is 20.4. The summed E-state index contributed by atoms with van der Waals surface area (Å²) in [6, 6.07) is 3.00. The summed E-state index contributed by atoms with van der Waals surface area (Å²) in [7, 11) is 1.65. The van der Waals surface area contributed by atoms with E-state index in [1.807, 2.05) is 6.92 Å². The van der Waals surface area contributed by atoms with Crippen molar-refractivity contribution in [1.29, 1.82) is 0 Å². The van der Waals surface area contributed by atoms with Crippen molar-refractivity contribution in [2.45, 2.75) is 6.92 Å². The lowest BCUT2D eigenvalue weighted by Gasteiger charge is -1.94. The van der Waals surface area contributed by atoms with Crippen LogP contribution < -0.4 is 5.73 Å². The van der Waals surface area contributed by atoms with Gasteiger partial charge in [-0.05, 0) is 19.1 Å². The summed E-state index contributed by atoms with van der Waals surface area (Å²) >= 11 is 1.36. The van der Waals surface area contributed by atoms with Crippen molar-refractivity contribution in [3.05, 3.63) is 41.7 Å². The number of carbonyl (C=O) groups is 1. The molecule has 3 aromatic heterocycles. The lowest BCUT2D eigenvalue weighted by atomic mass is 10.2. The summed E-state index contributed by atoms with van der Waals surface area (Å²) in [6.07, 6.45) is 2.70. The monoisotopic (exact) mass is 317 g/mol. The lowest BCUT2D eigenvalue weighted by molar-refractivity contribution is 0.0991. The summed E-state index contributed by atoms with van der Waals surface area (Å²) < 4.78 is 14.7. The highest BCUT2D eigenvalue weighted by atomic mass is 32.1. The van der Waals surface area contributed by atoms with E-state index in [2.05, 4.69) is 15.1 Å². The Labute approximate surface area is 129 Å². The van der Waals surface area contributed by atoms with Crippen LogP contribution in [0.5, 0.6) is 0 Å². The number of rotatable bonds is 3. The second-order valence-electron chi connectivity index (χ2n) is 4.73. The Kier molecular flexibility index (Phi) is 3.45. The number of primary amides is 1. The van der Waals surface area contributed by atoms with Crippen LogP contribution in [0, 0.1) is 12.7 Å². The van der Waals surface area contributed by atoms with Crippen LogP contribution in [-0.4, -0.2) is 25.7 Å². The maximum atomic E-state index is 13.3. The molecule has 0 aromatic carbocycles. The Morgan fingerprint density at radius 3 is 2.77 bits per heavy atom. The average molecular weight is 317 g/mol. The number of amides is 1. The van der Waals surface area contributed by atoms with Gasteiger partial charge in [-0.15, -0.1) is 11.3 Å². The van der Waals surface area contributed by atoms with Gasteiger partial charge in [0.2, 0.25) is 0 Å². The Hall–Kier alpha value is -2.61. The normalized spacial score (nSPS) is 10.9. The van der Waals surface area contributed by atoms with Gasteiger partial charge in [0.05, 0.1) is 16.8 Å². The van der Waals surface area contributed by atoms with Gasteiger partial charge in [-0.25, -0.2) is 9.37 Å². The van der Waals surface area contributed by atoms with E-state index in [9.17, 15) is 9.18 Å². The molecule has 2 N–H and O–H groups in total. The van der Waals surface area contributed by atoms with Gasteiger partial charge in [-0.2, -0.15) is 5.10 Å². The van der Waals surface area contributed by atoms with Gasteiger partial charge >= 0.3 is 0 Å². The highest BCUT2D eigenvalue weighted by Crippen LogP contribution is 2.34. The fourth-order valence-corrected chi connectivity index (χ4v) is 3.10. The Morgan fingerprint density at radius 2 is 2.14 bits per heavy atom. The molecule has 1 amide bonds. The van der Waals surface area contributed by atoms with Crippen LogP contribution in [0.25, 0.3) is 21.1 Å². The molecule has 3 aromatic rings. The molecule has 0 unspecified atom stereocenters. The maximum absolute atomic E-state index is 13.3. The molecule has 8 heteroatoms. The molecule has 0 saturated heterocycles. The van der Waals surface area contributed by atoms with E-state index < -0.39 is 11.7 Å². The average Bonchev–Trinajstić information content (AvgIpc) is 3.02. The van der Waals surface area contributed by atoms with E-state index in [0.717, 1.165) is 16.8 Å². The largest absolute Gasteiger partial charge is 0.364 e. The van der Waals surface area contributed by atoms with Gasteiger partial charge < -0.3 is 5.73 Å². The summed E-state index contributed by atoms with van der Waals surface area (Å²) in [6.45, 7) is 1.83. The summed E-state index contributed by atoms with van der Waals surface area (Å²) in [5.74, 6) is -0.960. The number of aromatic nitrogens is 4. The molecule has 3 heterocycles. The standard InChI is InChI=1S/C14H12FN5OS/c1-7-12(10-4-11(13(16)21)20(2)19-10)22-14(18-7)8-3-9(15)6-17-5-8/h3-6H,1-2H3,(H2,16,21). The smallest absolute Gasteiger partial charge is 0.266 e. The molecular weight excluding hydrogens is 305 g/mol. The minimum atomic E-state index is -0.544.